The molecular formula is C61H79N5O26. The highest BCUT2D eigenvalue weighted by molar-refractivity contribution is 5.69. The molecule has 4 amide bonds. The summed E-state index contributed by atoms with van der Waals surface area (Å²) >= 11 is 0. The van der Waals surface area contributed by atoms with Crippen LogP contribution in [0.15, 0.2) is 121 Å². The van der Waals surface area contributed by atoms with Crippen molar-refractivity contribution >= 4 is 24.4 Å². The number of nitrogens with two attached hydrogens (primary N) is 1. The molecule has 9 rings (SSSR count). The molecule has 4 saturated heterocycles. The molecule has 4 aromatic carbocycles. The van der Waals surface area contributed by atoms with Gasteiger partial charge in [0.15, 0.2) is 25.2 Å². The van der Waals surface area contributed by atoms with Crippen LogP contribution in [0.2, 0.25) is 0 Å². The van der Waals surface area contributed by atoms with Gasteiger partial charge in [0.25, 0.3) is 0 Å². The number of hydrogen-bond acceptors (Lipinski definition) is 27. The number of carbonyl (C=O) groups is 4. The zero-order valence-corrected chi connectivity index (χ0v) is 49.5. The van der Waals surface area contributed by atoms with Gasteiger partial charge in [-0.2, -0.15) is 0 Å². The smallest absolute Gasteiger partial charge is 0.407 e. The van der Waals surface area contributed by atoms with Gasteiger partial charge in [-0.15, -0.1) is 0 Å². The Kier molecular flexibility index (Phi) is 25.2. The molecule has 5 aliphatic rings. The number of carbonyl (C=O) groups excluding carboxylic acids is 4. The Balaban J connectivity index is 0.995. The van der Waals surface area contributed by atoms with Gasteiger partial charge in [-0.05, 0) is 28.7 Å². The minimum Gasteiger partial charge on any atom is -0.445 e. The van der Waals surface area contributed by atoms with Crippen molar-refractivity contribution < 1.29 is 127 Å². The first-order chi connectivity index (χ1) is 44.4. The van der Waals surface area contributed by atoms with Gasteiger partial charge in [0.2, 0.25) is 0 Å². The summed E-state index contributed by atoms with van der Waals surface area (Å²) in [5.74, 6) is 0. The van der Waals surface area contributed by atoms with Crippen molar-refractivity contribution in [2.75, 3.05) is 26.4 Å². The predicted molar refractivity (Wildman–Crippen MR) is 310 cm³/mol. The van der Waals surface area contributed by atoms with Gasteiger partial charge >= 0.3 is 24.4 Å². The third kappa shape index (κ3) is 18.1. The lowest BCUT2D eigenvalue weighted by molar-refractivity contribution is -0.349. The maximum Gasteiger partial charge on any atom is 0.407 e. The van der Waals surface area contributed by atoms with E-state index in [4.69, 9.17) is 62.6 Å². The fourth-order valence-corrected chi connectivity index (χ4v) is 11.1. The molecule has 31 heteroatoms. The number of hydrogen-bond donors (Lipinski definition) is 15. The maximum atomic E-state index is 13.8. The van der Waals surface area contributed by atoms with Crippen LogP contribution in [0.4, 0.5) is 19.2 Å². The lowest BCUT2D eigenvalue weighted by Gasteiger charge is -2.48. The molecule has 23 unspecified atom stereocenters. The normalized spacial score (nSPS) is 34.6. The topological polar surface area (TPSA) is 455 Å². The minimum atomic E-state index is -2.07. The molecule has 504 valence electrons. The van der Waals surface area contributed by atoms with Crippen LogP contribution >= 0.6 is 0 Å². The van der Waals surface area contributed by atoms with Crippen molar-refractivity contribution in [3.05, 3.63) is 144 Å². The van der Waals surface area contributed by atoms with Gasteiger partial charge in [-0.25, -0.2) is 19.2 Å². The van der Waals surface area contributed by atoms with Crippen LogP contribution in [0.5, 0.6) is 0 Å². The highest BCUT2D eigenvalue weighted by Crippen LogP contribution is 2.37. The van der Waals surface area contributed by atoms with Crippen molar-refractivity contribution in [2.24, 2.45) is 5.73 Å². The largest absolute Gasteiger partial charge is 0.445 e. The van der Waals surface area contributed by atoms with Crippen LogP contribution < -0.4 is 27.0 Å². The first-order valence-corrected chi connectivity index (χ1v) is 29.9. The predicted octanol–water partition coefficient (Wildman–Crippen LogP) is -2.14. The first-order valence-electron chi connectivity index (χ1n) is 29.9. The zero-order valence-electron chi connectivity index (χ0n) is 49.5. The highest BCUT2D eigenvalue weighted by atomic mass is 16.8. The average molecular weight is 1300 g/mol. The lowest BCUT2D eigenvalue weighted by atomic mass is 9.83. The van der Waals surface area contributed by atoms with Crippen molar-refractivity contribution in [1.29, 1.82) is 0 Å². The van der Waals surface area contributed by atoms with Crippen LogP contribution in [0.3, 0.4) is 0 Å². The van der Waals surface area contributed by atoms with Gasteiger partial charge in [0.1, 0.15) is 112 Å². The van der Waals surface area contributed by atoms with Gasteiger partial charge in [0.05, 0.1) is 44.1 Å². The van der Waals surface area contributed by atoms with E-state index in [9.17, 15) is 70.2 Å². The Bertz CT molecular complexity index is 2920. The lowest BCUT2D eigenvalue weighted by Crippen LogP contribution is -2.69. The van der Waals surface area contributed by atoms with Crippen molar-refractivity contribution in [3.8, 4) is 0 Å². The summed E-state index contributed by atoms with van der Waals surface area (Å²) < 4.78 is 71.5. The van der Waals surface area contributed by atoms with Crippen molar-refractivity contribution in [2.45, 2.75) is 180 Å². The minimum absolute atomic E-state index is 0.160. The number of amides is 4. The van der Waals surface area contributed by atoms with E-state index >= 15 is 0 Å². The van der Waals surface area contributed by atoms with E-state index in [-0.39, 0.29) is 39.3 Å². The SMILES string of the molecule is NC1CC(NC(=O)OCc2ccccc2)C(OC2OC(CO)C(O)CC2NC(=O)OCc2ccccc2)C(OC2OC(CO)C(OC3OC(CNC(=O)OCc4ccccc4)C(OC4OC(CO)C(O)C(O)C4O)C(O)C3NC(=O)OCc3ccccc3)C2O)C1O. The van der Waals surface area contributed by atoms with Crippen LogP contribution in [-0.2, 0) is 83.3 Å². The number of nitrogens with one attached hydrogen (secondary N) is 4. The number of aliphatic hydroxyl groups excluding tert-OH is 10. The number of rotatable bonds is 24. The fourth-order valence-electron chi connectivity index (χ4n) is 11.1. The first kappa shape index (κ1) is 69.5. The molecular weight excluding hydrogens is 1220 g/mol. The molecule has 1 aliphatic carbocycles. The molecule has 4 aromatic rings. The van der Waals surface area contributed by atoms with E-state index in [2.05, 4.69) is 21.3 Å². The molecule has 0 radical (unpaired) electrons. The van der Waals surface area contributed by atoms with E-state index < -0.39 is 192 Å². The molecule has 31 nitrogen and oxygen atoms in total. The van der Waals surface area contributed by atoms with Gasteiger partial charge in [0, 0.05) is 19.0 Å². The molecule has 4 aliphatic heterocycles. The quantitative estimate of drug-likeness (QED) is 0.0333. The summed E-state index contributed by atoms with van der Waals surface area (Å²) in [6.07, 6.45) is -38.3. The van der Waals surface area contributed by atoms with Gasteiger partial charge < -0.3 is 135 Å². The van der Waals surface area contributed by atoms with Crippen molar-refractivity contribution in [3.63, 3.8) is 0 Å². The Hall–Kier alpha value is -6.80. The molecule has 16 N–H and O–H groups in total. The summed E-state index contributed by atoms with van der Waals surface area (Å²) in [5.41, 5.74) is 9.00. The molecule has 0 bridgehead atoms. The Morgan fingerprint density at radius 3 is 1.34 bits per heavy atom. The molecule has 4 heterocycles. The Morgan fingerprint density at radius 2 is 0.815 bits per heavy atom. The number of ether oxygens (including phenoxy) is 12. The number of benzene rings is 4. The Morgan fingerprint density at radius 1 is 0.402 bits per heavy atom. The van der Waals surface area contributed by atoms with Crippen molar-refractivity contribution in [1.82, 2.24) is 21.3 Å². The highest BCUT2D eigenvalue weighted by Gasteiger charge is 2.57. The second kappa shape index (κ2) is 33.3. The van der Waals surface area contributed by atoms with E-state index in [0.717, 1.165) is 0 Å². The third-order valence-electron chi connectivity index (χ3n) is 16.1. The van der Waals surface area contributed by atoms with Gasteiger partial charge in [-0.1, -0.05) is 121 Å². The second-order valence-corrected chi connectivity index (χ2v) is 22.6. The van der Waals surface area contributed by atoms with E-state index in [1.807, 2.05) is 0 Å². The second-order valence-electron chi connectivity index (χ2n) is 22.6. The van der Waals surface area contributed by atoms with E-state index in [1.54, 1.807) is 121 Å². The maximum absolute atomic E-state index is 13.8. The third-order valence-corrected chi connectivity index (χ3v) is 16.1. The number of aliphatic hydroxyl groups is 10. The van der Waals surface area contributed by atoms with Crippen LogP contribution in [-0.4, -0.2) is 243 Å². The summed E-state index contributed by atoms with van der Waals surface area (Å²) in [4.78, 5) is 54.2. The fraction of sp³-hybridized carbons (Fsp3) is 0.541. The van der Waals surface area contributed by atoms with E-state index in [0.29, 0.717) is 22.3 Å². The van der Waals surface area contributed by atoms with Gasteiger partial charge in [-0.3, -0.25) is 0 Å². The summed E-state index contributed by atoms with van der Waals surface area (Å²) in [6.45, 7) is -4.03. The molecule has 0 spiro atoms. The molecule has 0 aromatic heterocycles. The molecule has 1 saturated carbocycles. The Labute approximate surface area is 527 Å². The summed E-state index contributed by atoms with van der Waals surface area (Å²) in [7, 11) is 0. The number of alkyl carbamates (subject to hydrolysis) is 4. The summed E-state index contributed by atoms with van der Waals surface area (Å²) in [5, 5.41) is 122. The van der Waals surface area contributed by atoms with Crippen LogP contribution in [0.1, 0.15) is 35.1 Å². The molecule has 5 fully saturated rings. The van der Waals surface area contributed by atoms with Crippen LogP contribution in [0.25, 0.3) is 0 Å². The zero-order chi connectivity index (χ0) is 65.4. The average Bonchev–Trinajstić information content (AvgIpc) is 1.28. The van der Waals surface area contributed by atoms with Crippen LogP contribution in [0, 0.1) is 0 Å². The monoisotopic (exact) mass is 1300 g/mol. The standard InChI is InChI=1S/C61H79N5O26/c62-35-21-36(64-59(78)82-28-32-15-7-2-8-16-32)50(89-54-37(22-38(70)40(24-67)86-54)65-60(79)83-29-33-17-9-3-10-18-33)53(44(35)71)92-57-49(76)52(42(26-69)88-57)90-55-43(66-61(80)84-30-34-19-11-4-12-20-34)46(73)51(91-56-48(75)47(74)45(72)41(25-68)87-56)39(85-55)23-63-58(77)81-27-31-13-5-1-6-14-31/h1-20,35-57,67-76H,21-30,62H2,(H,63,77)(H,64,78)(H,65,79)(H,66,80). The molecule has 92 heavy (non-hydrogen) atoms. The summed E-state index contributed by atoms with van der Waals surface area (Å²) in [6, 6.07) is 28.8. The molecule has 23 atom stereocenters. The van der Waals surface area contributed by atoms with E-state index in [1.165, 1.54) is 0 Å².